The van der Waals surface area contributed by atoms with Crippen LogP contribution in [0.5, 0.6) is 0 Å². The van der Waals surface area contributed by atoms with Crippen molar-refractivity contribution in [3.63, 3.8) is 0 Å². The topological polar surface area (TPSA) is 67.5 Å². The van der Waals surface area contributed by atoms with E-state index < -0.39 is 11.9 Å². The summed E-state index contributed by atoms with van der Waals surface area (Å²) in [6, 6.07) is 3.60. The number of rotatable bonds is 3. The van der Waals surface area contributed by atoms with E-state index in [2.05, 4.69) is 10.1 Å². The zero-order valence-corrected chi connectivity index (χ0v) is 9.35. The third-order valence-electron chi connectivity index (χ3n) is 2.42. The molecule has 2 heterocycles. The lowest BCUT2D eigenvalue weighted by Crippen LogP contribution is -2.14. The van der Waals surface area contributed by atoms with E-state index in [1.807, 2.05) is 6.07 Å². The van der Waals surface area contributed by atoms with Crippen LogP contribution in [0.3, 0.4) is 0 Å². The Morgan fingerprint density at radius 2 is 2.38 bits per heavy atom. The fourth-order valence-electron chi connectivity index (χ4n) is 1.51. The second kappa shape index (κ2) is 4.09. The molecule has 2 aromatic heterocycles. The van der Waals surface area contributed by atoms with Crippen LogP contribution in [-0.4, -0.2) is 25.7 Å². The summed E-state index contributed by atoms with van der Waals surface area (Å²) in [6.07, 6.45) is 1.76. The molecule has 0 saturated carbocycles. The number of halogens is 1. The summed E-state index contributed by atoms with van der Waals surface area (Å²) < 4.78 is 1.62. The van der Waals surface area contributed by atoms with E-state index in [-0.39, 0.29) is 0 Å². The molecule has 0 fully saturated rings. The minimum atomic E-state index is -0.824. The summed E-state index contributed by atoms with van der Waals surface area (Å²) in [5.41, 5.74) is 1.51. The summed E-state index contributed by atoms with van der Waals surface area (Å²) >= 11 is 5.88. The first-order valence-corrected chi connectivity index (χ1v) is 5.17. The molecule has 0 bridgehead atoms. The van der Waals surface area contributed by atoms with Crippen LogP contribution in [0.4, 0.5) is 0 Å². The number of carboxylic acids is 1. The minimum absolute atomic E-state index is 0.365. The van der Waals surface area contributed by atoms with Crippen LogP contribution in [0.25, 0.3) is 5.52 Å². The maximum absolute atomic E-state index is 10.8. The standard InChI is InChI=1S/C10H10ClN3O2/c1-6(10(15)16)4-7-2-3-8-9(11)12-5-13-14(7)8/h2-3,5-6H,4H2,1H3,(H,15,16). The first-order valence-electron chi connectivity index (χ1n) is 4.79. The second-order valence-corrected chi connectivity index (χ2v) is 3.97. The van der Waals surface area contributed by atoms with E-state index in [1.165, 1.54) is 6.33 Å². The fourth-order valence-corrected chi connectivity index (χ4v) is 1.70. The maximum Gasteiger partial charge on any atom is 0.306 e. The van der Waals surface area contributed by atoms with Gasteiger partial charge >= 0.3 is 5.97 Å². The quantitative estimate of drug-likeness (QED) is 0.884. The van der Waals surface area contributed by atoms with E-state index in [0.29, 0.717) is 17.1 Å². The van der Waals surface area contributed by atoms with Crippen LogP contribution in [0.15, 0.2) is 18.5 Å². The van der Waals surface area contributed by atoms with Crippen molar-refractivity contribution < 1.29 is 9.90 Å². The summed E-state index contributed by atoms with van der Waals surface area (Å²) in [4.78, 5) is 14.6. The average Bonchev–Trinajstić information content (AvgIpc) is 2.63. The first-order chi connectivity index (χ1) is 7.59. The highest BCUT2D eigenvalue weighted by atomic mass is 35.5. The van der Waals surface area contributed by atoms with Gasteiger partial charge in [0.1, 0.15) is 11.8 Å². The van der Waals surface area contributed by atoms with E-state index in [0.717, 1.165) is 5.69 Å². The van der Waals surface area contributed by atoms with E-state index >= 15 is 0 Å². The average molecular weight is 240 g/mol. The third kappa shape index (κ3) is 1.86. The fraction of sp³-hybridized carbons (Fsp3) is 0.300. The number of aromatic nitrogens is 3. The molecule has 1 atom stereocenters. The Hall–Kier alpha value is -1.62. The van der Waals surface area contributed by atoms with Gasteiger partial charge in [0.25, 0.3) is 0 Å². The van der Waals surface area contributed by atoms with Gasteiger partial charge < -0.3 is 5.11 Å². The first kappa shape index (κ1) is 10.9. The Morgan fingerprint density at radius 1 is 1.62 bits per heavy atom. The highest BCUT2D eigenvalue weighted by Gasteiger charge is 2.15. The molecular formula is C10H10ClN3O2. The number of carboxylic acid groups (broad SMARTS) is 1. The molecule has 2 aromatic rings. The Bertz CT molecular complexity index is 538. The molecule has 0 aliphatic heterocycles. The molecule has 1 N–H and O–H groups in total. The van der Waals surface area contributed by atoms with Crippen molar-refractivity contribution in [3.05, 3.63) is 29.3 Å². The molecule has 1 unspecified atom stereocenters. The number of carbonyl (C=O) groups is 1. The molecule has 0 spiro atoms. The monoisotopic (exact) mass is 239 g/mol. The van der Waals surface area contributed by atoms with Crippen LogP contribution in [0.1, 0.15) is 12.6 Å². The molecule has 16 heavy (non-hydrogen) atoms. The number of nitrogens with zero attached hydrogens (tertiary/aromatic N) is 3. The summed E-state index contributed by atoms with van der Waals surface area (Å²) in [5, 5.41) is 13.2. The van der Waals surface area contributed by atoms with E-state index in [1.54, 1.807) is 17.5 Å². The van der Waals surface area contributed by atoms with Gasteiger partial charge in [-0.15, -0.1) is 0 Å². The predicted molar refractivity (Wildman–Crippen MR) is 58.5 cm³/mol. The van der Waals surface area contributed by atoms with Gasteiger partial charge in [-0.3, -0.25) is 4.79 Å². The van der Waals surface area contributed by atoms with Crippen molar-refractivity contribution in [2.75, 3.05) is 0 Å². The van der Waals surface area contributed by atoms with Gasteiger partial charge in [0.15, 0.2) is 5.15 Å². The third-order valence-corrected chi connectivity index (χ3v) is 2.71. The van der Waals surface area contributed by atoms with Crippen LogP contribution in [0.2, 0.25) is 5.15 Å². The lowest BCUT2D eigenvalue weighted by molar-refractivity contribution is -0.141. The summed E-state index contributed by atoms with van der Waals surface area (Å²) in [6.45, 7) is 1.66. The van der Waals surface area contributed by atoms with Crippen molar-refractivity contribution in [2.45, 2.75) is 13.3 Å². The lowest BCUT2D eigenvalue weighted by Gasteiger charge is -2.05. The van der Waals surface area contributed by atoms with Gasteiger partial charge in [0.05, 0.1) is 5.92 Å². The lowest BCUT2D eigenvalue weighted by atomic mass is 10.1. The predicted octanol–water partition coefficient (Wildman–Crippen LogP) is 1.65. The molecule has 0 radical (unpaired) electrons. The molecule has 2 rings (SSSR count). The van der Waals surface area contributed by atoms with Crippen molar-refractivity contribution in [3.8, 4) is 0 Å². The van der Waals surface area contributed by atoms with Crippen molar-refractivity contribution in [1.29, 1.82) is 0 Å². The SMILES string of the molecule is CC(Cc1ccc2c(Cl)ncnn12)C(=O)O. The van der Waals surface area contributed by atoms with Crippen LogP contribution >= 0.6 is 11.6 Å². The molecule has 84 valence electrons. The molecule has 0 aliphatic rings. The maximum atomic E-state index is 10.8. The molecule has 0 aliphatic carbocycles. The molecular weight excluding hydrogens is 230 g/mol. The summed E-state index contributed by atoms with van der Waals surface area (Å²) in [5.74, 6) is -1.28. The number of fused-ring (bicyclic) bond motifs is 1. The minimum Gasteiger partial charge on any atom is -0.481 e. The second-order valence-electron chi connectivity index (χ2n) is 3.62. The Balaban J connectivity index is 2.39. The van der Waals surface area contributed by atoms with Gasteiger partial charge in [-0.25, -0.2) is 9.50 Å². The van der Waals surface area contributed by atoms with Gasteiger partial charge in [-0.05, 0) is 12.1 Å². The highest BCUT2D eigenvalue weighted by molar-refractivity contribution is 6.32. The highest BCUT2D eigenvalue weighted by Crippen LogP contribution is 2.18. The van der Waals surface area contributed by atoms with Crippen molar-refractivity contribution in [1.82, 2.24) is 14.6 Å². The van der Waals surface area contributed by atoms with Crippen molar-refractivity contribution >= 4 is 23.1 Å². The smallest absolute Gasteiger partial charge is 0.306 e. The molecule has 0 amide bonds. The molecule has 0 saturated heterocycles. The molecule has 6 heteroatoms. The number of hydrogen-bond donors (Lipinski definition) is 1. The number of aliphatic carboxylic acids is 1. The van der Waals surface area contributed by atoms with Gasteiger partial charge in [-0.2, -0.15) is 5.10 Å². The van der Waals surface area contributed by atoms with Crippen LogP contribution < -0.4 is 0 Å². The zero-order valence-electron chi connectivity index (χ0n) is 8.59. The normalized spacial score (nSPS) is 12.9. The molecule has 0 aromatic carbocycles. The van der Waals surface area contributed by atoms with E-state index in [4.69, 9.17) is 16.7 Å². The van der Waals surface area contributed by atoms with Gasteiger partial charge in [-0.1, -0.05) is 18.5 Å². The molecule has 5 nitrogen and oxygen atoms in total. The Morgan fingerprint density at radius 3 is 3.06 bits per heavy atom. The summed E-state index contributed by atoms with van der Waals surface area (Å²) in [7, 11) is 0. The van der Waals surface area contributed by atoms with E-state index in [9.17, 15) is 4.79 Å². The Kier molecular flexibility index (Phi) is 2.78. The van der Waals surface area contributed by atoms with Crippen molar-refractivity contribution in [2.24, 2.45) is 5.92 Å². The number of hydrogen-bond acceptors (Lipinski definition) is 3. The van der Waals surface area contributed by atoms with Crippen LogP contribution in [-0.2, 0) is 11.2 Å². The van der Waals surface area contributed by atoms with Crippen LogP contribution in [0, 0.1) is 5.92 Å². The van der Waals surface area contributed by atoms with Gasteiger partial charge in [0.2, 0.25) is 0 Å². The van der Waals surface area contributed by atoms with Gasteiger partial charge in [0, 0.05) is 12.1 Å². The zero-order chi connectivity index (χ0) is 11.7. The Labute approximate surface area is 96.7 Å². The largest absolute Gasteiger partial charge is 0.481 e.